The van der Waals surface area contributed by atoms with Gasteiger partial charge in [-0.1, -0.05) is 26.0 Å². The molecule has 0 aliphatic heterocycles. The first-order chi connectivity index (χ1) is 8.49. The summed E-state index contributed by atoms with van der Waals surface area (Å²) >= 11 is 1.56. The van der Waals surface area contributed by atoms with Gasteiger partial charge in [-0.25, -0.2) is 9.37 Å². The van der Waals surface area contributed by atoms with Crippen LogP contribution >= 0.6 is 11.3 Å². The Morgan fingerprint density at radius 2 is 2.06 bits per heavy atom. The maximum Gasteiger partial charge on any atom is 0.126 e. The summed E-state index contributed by atoms with van der Waals surface area (Å²) < 4.78 is 13.2. The normalized spacial score (nSPS) is 13.0. The molecule has 1 aromatic carbocycles. The van der Waals surface area contributed by atoms with Crippen LogP contribution in [0.5, 0.6) is 0 Å². The number of halogens is 1. The minimum absolute atomic E-state index is 0.201. The van der Waals surface area contributed by atoms with E-state index in [1.54, 1.807) is 30.4 Å². The van der Waals surface area contributed by atoms with Gasteiger partial charge in [0, 0.05) is 5.38 Å². The Kier molecular flexibility index (Phi) is 3.78. The zero-order valence-electron chi connectivity index (χ0n) is 10.8. The average Bonchev–Trinajstić information content (AvgIpc) is 2.81. The second-order valence-electron chi connectivity index (χ2n) is 4.75. The van der Waals surface area contributed by atoms with Crippen molar-refractivity contribution in [3.63, 3.8) is 0 Å². The molecule has 1 aromatic heterocycles. The molecule has 0 aliphatic rings. The highest BCUT2D eigenvalue weighted by Crippen LogP contribution is 2.26. The molecule has 2 nitrogen and oxygen atoms in total. The lowest BCUT2D eigenvalue weighted by Gasteiger charge is -2.10. The van der Waals surface area contributed by atoms with Gasteiger partial charge >= 0.3 is 0 Å². The third kappa shape index (κ3) is 2.60. The number of thiazole rings is 1. The van der Waals surface area contributed by atoms with E-state index < -0.39 is 0 Å². The number of nitrogens with zero attached hydrogens (tertiary/aromatic N) is 1. The van der Waals surface area contributed by atoms with Crippen LogP contribution in [0.4, 0.5) is 4.39 Å². The van der Waals surface area contributed by atoms with Gasteiger partial charge in [0.1, 0.15) is 10.8 Å². The van der Waals surface area contributed by atoms with Crippen LogP contribution in [0.3, 0.4) is 0 Å². The predicted octanol–water partition coefficient (Wildman–Crippen LogP) is 3.76. The second-order valence-corrected chi connectivity index (χ2v) is 5.64. The van der Waals surface area contributed by atoms with E-state index in [0.717, 1.165) is 16.3 Å². The molecule has 1 unspecified atom stereocenters. The number of nitrogens with two attached hydrogens (primary N) is 1. The Bertz CT molecular complexity index is 548. The Balaban J connectivity index is 2.29. The Labute approximate surface area is 111 Å². The fourth-order valence-corrected chi connectivity index (χ4v) is 2.72. The monoisotopic (exact) mass is 264 g/mol. The van der Waals surface area contributed by atoms with Crippen molar-refractivity contribution in [2.75, 3.05) is 0 Å². The van der Waals surface area contributed by atoms with Gasteiger partial charge in [-0.05, 0) is 30.0 Å². The van der Waals surface area contributed by atoms with Gasteiger partial charge in [-0.3, -0.25) is 0 Å². The van der Waals surface area contributed by atoms with Crippen LogP contribution in [0, 0.1) is 12.7 Å². The van der Waals surface area contributed by atoms with Crippen LogP contribution in [0.15, 0.2) is 23.6 Å². The molecule has 0 spiro atoms. The summed E-state index contributed by atoms with van der Waals surface area (Å²) in [5, 5.41) is 2.92. The van der Waals surface area contributed by atoms with Crippen LogP contribution in [-0.4, -0.2) is 4.98 Å². The SMILES string of the molecule is Cc1cc(C(N)c2nc(C(C)C)cs2)ccc1F. The van der Waals surface area contributed by atoms with Gasteiger partial charge in [0.05, 0.1) is 11.7 Å². The van der Waals surface area contributed by atoms with Crippen molar-refractivity contribution in [1.29, 1.82) is 0 Å². The fraction of sp³-hybridized carbons (Fsp3) is 0.357. The second kappa shape index (κ2) is 5.16. The maximum atomic E-state index is 13.2. The number of aromatic nitrogens is 1. The third-order valence-electron chi connectivity index (χ3n) is 2.94. The lowest BCUT2D eigenvalue weighted by molar-refractivity contribution is 0.616. The summed E-state index contributed by atoms with van der Waals surface area (Å²) in [5.74, 6) is 0.199. The Morgan fingerprint density at radius 1 is 1.33 bits per heavy atom. The van der Waals surface area contributed by atoms with Crippen LogP contribution in [0.1, 0.15) is 47.6 Å². The zero-order valence-corrected chi connectivity index (χ0v) is 11.6. The summed E-state index contributed by atoms with van der Waals surface area (Å²) in [7, 11) is 0. The molecule has 1 atom stereocenters. The largest absolute Gasteiger partial charge is 0.318 e. The first-order valence-electron chi connectivity index (χ1n) is 5.96. The van der Waals surface area contributed by atoms with Crippen molar-refractivity contribution in [3.05, 3.63) is 51.2 Å². The molecule has 96 valence electrons. The number of aryl methyl sites for hydroxylation is 1. The number of hydrogen-bond donors (Lipinski definition) is 1. The van der Waals surface area contributed by atoms with Gasteiger partial charge in [0.15, 0.2) is 0 Å². The van der Waals surface area contributed by atoms with Gasteiger partial charge in [-0.2, -0.15) is 0 Å². The molecule has 18 heavy (non-hydrogen) atoms. The molecule has 0 saturated carbocycles. The first kappa shape index (κ1) is 13.2. The van der Waals surface area contributed by atoms with Crippen LogP contribution < -0.4 is 5.73 Å². The molecular formula is C14H17FN2S. The molecule has 4 heteroatoms. The summed E-state index contributed by atoms with van der Waals surface area (Å²) in [4.78, 5) is 4.54. The maximum absolute atomic E-state index is 13.2. The van der Waals surface area contributed by atoms with E-state index >= 15 is 0 Å². The van der Waals surface area contributed by atoms with Crippen LogP contribution in [0.25, 0.3) is 0 Å². The quantitative estimate of drug-likeness (QED) is 0.916. The van der Waals surface area contributed by atoms with Gasteiger partial charge in [0.2, 0.25) is 0 Å². The van der Waals surface area contributed by atoms with E-state index in [0.29, 0.717) is 11.5 Å². The molecular weight excluding hydrogens is 247 g/mol. The predicted molar refractivity (Wildman–Crippen MR) is 73.4 cm³/mol. The summed E-state index contributed by atoms with van der Waals surface area (Å²) in [6, 6.07) is 4.70. The highest BCUT2D eigenvalue weighted by atomic mass is 32.1. The van der Waals surface area contributed by atoms with E-state index in [1.807, 2.05) is 5.38 Å². The molecule has 0 saturated heterocycles. The summed E-state index contributed by atoms with van der Waals surface area (Å²) in [5.41, 5.74) is 8.75. The van der Waals surface area contributed by atoms with Crippen molar-refractivity contribution in [3.8, 4) is 0 Å². The van der Waals surface area contributed by atoms with Gasteiger partial charge < -0.3 is 5.73 Å². The molecule has 2 rings (SSSR count). The Hall–Kier alpha value is -1.26. The van der Waals surface area contributed by atoms with Crippen molar-refractivity contribution in [2.45, 2.75) is 32.7 Å². The number of rotatable bonds is 3. The van der Waals surface area contributed by atoms with E-state index in [-0.39, 0.29) is 11.9 Å². The average molecular weight is 264 g/mol. The van der Waals surface area contributed by atoms with E-state index in [1.165, 1.54) is 6.07 Å². The molecule has 0 radical (unpaired) electrons. The lowest BCUT2D eigenvalue weighted by Crippen LogP contribution is -2.12. The highest BCUT2D eigenvalue weighted by Gasteiger charge is 2.15. The number of benzene rings is 1. The molecule has 0 bridgehead atoms. The molecule has 0 amide bonds. The van der Waals surface area contributed by atoms with Crippen LogP contribution in [-0.2, 0) is 0 Å². The minimum atomic E-state index is -0.276. The molecule has 0 aliphatic carbocycles. The molecule has 2 N–H and O–H groups in total. The zero-order chi connectivity index (χ0) is 13.3. The van der Waals surface area contributed by atoms with Gasteiger partial charge in [-0.15, -0.1) is 11.3 Å². The van der Waals surface area contributed by atoms with Gasteiger partial charge in [0.25, 0.3) is 0 Å². The van der Waals surface area contributed by atoms with Crippen molar-refractivity contribution in [1.82, 2.24) is 4.98 Å². The van der Waals surface area contributed by atoms with Crippen LogP contribution in [0.2, 0.25) is 0 Å². The van der Waals surface area contributed by atoms with Crippen molar-refractivity contribution >= 4 is 11.3 Å². The standard InChI is InChI=1S/C14H17FN2S/c1-8(2)12-7-18-14(17-12)13(16)10-4-5-11(15)9(3)6-10/h4-8,13H,16H2,1-3H3. The van der Waals surface area contributed by atoms with Crippen molar-refractivity contribution < 1.29 is 4.39 Å². The minimum Gasteiger partial charge on any atom is -0.318 e. The summed E-state index contributed by atoms with van der Waals surface area (Å²) in [6.45, 7) is 5.95. The molecule has 0 fully saturated rings. The fourth-order valence-electron chi connectivity index (χ4n) is 1.71. The third-order valence-corrected chi connectivity index (χ3v) is 3.88. The number of hydrogen-bond acceptors (Lipinski definition) is 3. The van der Waals surface area contributed by atoms with E-state index in [9.17, 15) is 4.39 Å². The summed E-state index contributed by atoms with van der Waals surface area (Å²) in [6.07, 6.45) is 0. The van der Waals surface area contributed by atoms with E-state index in [4.69, 9.17) is 5.73 Å². The highest BCUT2D eigenvalue weighted by molar-refractivity contribution is 7.09. The molecule has 1 heterocycles. The molecule has 2 aromatic rings. The smallest absolute Gasteiger partial charge is 0.126 e. The topological polar surface area (TPSA) is 38.9 Å². The van der Waals surface area contributed by atoms with Crippen molar-refractivity contribution in [2.24, 2.45) is 5.73 Å². The lowest BCUT2D eigenvalue weighted by atomic mass is 10.1. The van der Waals surface area contributed by atoms with E-state index in [2.05, 4.69) is 18.8 Å². The first-order valence-corrected chi connectivity index (χ1v) is 6.84. The Morgan fingerprint density at radius 3 is 2.61 bits per heavy atom.